The highest BCUT2D eigenvalue weighted by Gasteiger charge is 2.27. The van der Waals surface area contributed by atoms with Crippen molar-refractivity contribution in [3.05, 3.63) is 29.4 Å². The predicted molar refractivity (Wildman–Crippen MR) is 115 cm³/mol. The molecule has 0 aliphatic carbocycles. The van der Waals surface area contributed by atoms with E-state index >= 15 is 0 Å². The molecule has 0 radical (unpaired) electrons. The van der Waals surface area contributed by atoms with E-state index in [0.717, 1.165) is 34.4 Å². The van der Waals surface area contributed by atoms with Crippen LogP contribution in [-0.2, 0) is 14.8 Å². The number of anilines is 3. The van der Waals surface area contributed by atoms with Crippen LogP contribution < -0.4 is 15.1 Å². The molecule has 0 spiro atoms. The highest BCUT2D eigenvalue weighted by molar-refractivity contribution is 7.91. The third-order valence-electron chi connectivity index (χ3n) is 4.35. The van der Waals surface area contributed by atoms with E-state index in [1.807, 2.05) is 24.3 Å². The summed E-state index contributed by atoms with van der Waals surface area (Å²) in [7, 11) is 0.573. The summed E-state index contributed by atoms with van der Waals surface area (Å²) < 4.78 is 30.9. The van der Waals surface area contributed by atoms with E-state index in [9.17, 15) is 13.2 Å². The van der Waals surface area contributed by atoms with Gasteiger partial charge in [0.1, 0.15) is 0 Å². The number of ether oxygens (including phenoxy) is 1. The second kappa shape index (κ2) is 8.84. The molecule has 0 bridgehead atoms. The number of halogens is 1. The summed E-state index contributed by atoms with van der Waals surface area (Å²) in [6.45, 7) is 3.06. The standard InChI is InChI=1S/C17H22ClN5O4S2/c1-21(2)29(25,26)15-14(18)20-17(28-15)22(3)16(24)19-12-4-6-13(7-5-12)23-8-10-27-11-9-23/h4-7H,8-11H2,1-3H3,(H,19,24). The maximum Gasteiger partial charge on any atom is 0.327 e. The molecule has 12 heteroatoms. The molecule has 2 aromatic rings. The maximum atomic E-state index is 12.6. The molecule has 1 aromatic carbocycles. The van der Waals surface area contributed by atoms with Crippen molar-refractivity contribution in [3.63, 3.8) is 0 Å². The fourth-order valence-corrected chi connectivity index (χ4v) is 5.49. The number of nitrogens with one attached hydrogen (secondary N) is 1. The quantitative estimate of drug-likeness (QED) is 0.738. The molecule has 0 atom stereocenters. The number of urea groups is 1. The lowest BCUT2D eigenvalue weighted by molar-refractivity contribution is 0.122. The Morgan fingerprint density at radius 1 is 1.21 bits per heavy atom. The van der Waals surface area contributed by atoms with Gasteiger partial charge < -0.3 is 15.0 Å². The molecule has 1 N–H and O–H groups in total. The zero-order chi connectivity index (χ0) is 21.2. The van der Waals surface area contributed by atoms with E-state index in [1.165, 1.54) is 26.0 Å². The normalized spacial score (nSPS) is 14.9. The molecule has 1 saturated heterocycles. The number of benzene rings is 1. The molecule has 2 heterocycles. The van der Waals surface area contributed by atoms with Crippen LogP contribution in [0.1, 0.15) is 0 Å². The first-order valence-corrected chi connectivity index (χ1v) is 11.4. The Hall–Kier alpha value is -1.92. The van der Waals surface area contributed by atoms with Gasteiger partial charge in [-0.1, -0.05) is 22.9 Å². The van der Waals surface area contributed by atoms with E-state index in [-0.39, 0.29) is 14.5 Å². The monoisotopic (exact) mass is 459 g/mol. The summed E-state index contributed by atoms with van der Waals surface area (Å²) in [5.41, 5.74) is 1.67. The van der Waals surface area contributed by atoms with Crippen molar-refractivity contribution < 1.29 is 17.9 Å². The van der Waals surface area contributed by atoms with Crippen LogP contribution in [0.4, 0.5) is 21.3 Å². The van der Waals surface area contributed by atoms with Crippen molar-refractivity contribution >= 4 is 55.5 Å². The number of amides is 2. The van der Waals surface area contributed by atoms with Gasteiger partial charge in [-0.15, -0.1) is 0 Å². The number of carbonyl (C=O) groups is 1. The van der Waals surface area contributed by atoms with Crippen LogP contribution in [0.15, 0.2) is 28.5 Å². The molecule has 3 rings (SSSR count). The fourth-order valence-electron chi connectivity index (χ4n) is 2.62. The van der Waals surface area contributed by atoms with Crippen LogP contribution in [0, 0.1) is 0 Å². The zero-order valence-electron chi connectivity index (χ0n) is 16.3. The summed E-state index contributed by atoms with van der Waals surface area (Å²) in [6, 6.07) is 7.04. The largest absolute Gasteiger partial charge is 0.378 e. The van der Waals surface area contributed by atoms with Gasteiger partial charge in [0.2, 0.25) is 0 Å². The van der Waals surface area contributed by atoms with Gasteiger partial charge in [-0.25, -0.2) is 22.5 Å². The Morgan fingerprint density at radius 3 is 2.41 bits per heavy atom. The van der Waals surface area contributed by atoms with Crippen molar-refractivity contribution in [1.29, 1.82) is 0 Å². The minimum Gasteiger partial charge on any atom is -0.378 e. The van der Waals surface area contributed by atoms with Crippen LogP contribution >= 0.6 is 22.9 Å². The Morgan fingerprint density at radius 2 is 1.83 bits per heavy atom. The summed E-state index contributed by atoms with van der Waals surface area (Å²) in [4.78, 5) is 20.0. The second-order valence-electron chi connectivity index (χ2n) is 6.50. The Labute approximate surface area is 178 Å². The van der Waals surface area contributed by atoms with Crippen LogP contribution in [0.25, 0.3) is 0 Å². The number of aromatic nitrogens is 1. The van der Waals surface area contributed by atoms with Crippen molar-refractivity contribution in [2.24, 2.45) is 0 Å². The van der Waals surface area contributed by atoms with Crippen molar-refractivity contribution in [2.75, 3.05) is 62.6 Å². The molecule has 158 valence electrons. The third kappa shape index (κ3) is 4.81. The van der Waals surface area contributed by atoms with Gasteiger partial charge in [-0.2, -0.15) is 0 Å². The molecule has 9 nitrogen and oxygen atoms in total. The minimum absolute atomic E-state index is 0.103. The molecular weight excluding hydrogens is 438 g/mol. The van der Waals surface area contributed by atoms with Gasteiger partial charge in [-0.05, 0) is 24.3 Å². The summed E-state index contributed by atoms with van der Waals surface area (Å²) in [5.74, 6) is 0. The Bertz CT molecular complexity index is 972. The maximum absolute atomic E-state index is 12.6. The smallest absolute Gasteiger partial charge is 0.327 e. The fraction of sp³-hybridized carbons (Fsp3) is 0.412. The highest BCUT2D eigenvalue weighted by Crippen LogP contribution is 2.34. The molecule has 29 heavy (non-hydrogen) atoms. The van der Waals surface area contributed by atoms with Crippen LogP contribution in [0.2, 0.25) is 5.15 Å². The minimum atomic E-state index is -3.73. The first-order chi connectivity index (χ1) is 13.7. The van der Waals surface area contributed by atoms with Gasteiger partial charge in [0.25, 0.3) is 10.0 Å². The molecule has 2 amide bonds. The number of carbonyl (C=O) groups excluding carboxylic acids is 1. The zero-order valence-corrected chi connectivity index (χ0v) is 18.6. The molecule has 1 aliphatic rings. The molecule has 1 aliphatic heterocycles. The van der Waals surface area contributed by atoms with Gasteiger partial charge in [0.05, 0.1) is 13.2 Å². The molecule has 0 saturated carbocycles. The van der Waals surface area contributed by atoms with Crippen molar-refractivity contribution in [2.45, 2.75) is 4.21 Å². The average molecular weight is 460 g/mol. The summed E-state index contributed by atoms with van der Waals surface area (Å²) in [6.07, 6.45) is 0. The summed E-state index contributed by atoms with van der Waals surface area (Å²) in [5, 5.41) is 2.79. The number of sulfonamides is 1. The van der Waals surface area contributed by atoms with E-state index in [0.29, 0.717) is 18.9 Å². The number of morpholine rings is 1. The molecule has 1 aromatic heterocycles. The van der Waals surface area contributed by atoms with Gasteiger partial charge in [-0.3, -0.25) is 4.90 Å². The van der Waals surface area contributed by atoms with Crippen molar-refractivity contribution in [1.82, 2.24) is 9.29 Å². The lowest BCUT2D eigenvalue weighted by atomic mass is 10.2. The average Bonchev–Trinajstić information content (AvgIpc) is 3.11. The number of rotatable bonds is 5. The predicted octanol–water partition coefficient (Wildman–Crippen LogP) is 2.55. The number of hydrogen-bond donors (Lipinski definition) is 1. The van der Waals surface area contributed by atoms with E-state index in [4.69, 9.17) is 16.3 Å². The molecule has 1 fully saturated rings. The summed E-state index contributed by atoms with van der Waals surface area (Å²) >= 11 is 6.83. The van der Waals surface area contributed by atoms with E-state index in [2.05, 4.69) is 15.2 Å². The van der Waals surface area contributed by atoms with Crippen LogP contribution in [0.5, 0.6) is 0 Å². The van der Waals surface area contributed by atoms with Crippen LogP contribution in [-0.4, -0.2) is 71.2 Å². The molecular formula is C17H22ClN5O4S2. The Kier molecular flexibility index (Phi) is 6.64. The van der Waals surface area contributed by atoms with E-state index < -0.39 is 16.1 Å². The number of hydrogen-bond acceptors (Lipinski definition) is 7. The van der Waals surface area contributed by atoms with Crippen LogP contribution in [0.3, 0.4) is 0 Å². The number of nitrogens with zero attached hydrogens (tertiary/aromatic N) is 4. The molecule has 0 unspecified atom stereocenters. The van der Waals surface area contributed by atoms with Gasteiger partial charge >= 0.3 is 6.03 Å². The Balaban J connectivity index is 1.69. The number of thiazole rings is 1. The first-order valence-electron chi connectivity index (χ1n) is 8.76. The lowest BCUT2D eigenvalue weighted by Crippen LogP contribution is -2.36. The second-order valence-corrected chi connectivity index (χ2v) is 10.2. The van der Waals surface area contributed by atoms with Crippen molar-refractivity contribution in [3.8, 4) is 0 Å². The SMILES string of the molecule is CN(C(=O)Nc1ccc(N2CCOCC2)cc1)c1nc(Cl)c(S(=O)(=O)N(C)C)s1. The first kappa shape index (κ1) is 21.8. The van der Waals surface area contributed by atoms with Gasteiger partial charge in [0, 0.05) is 45.6 Å². The topological polar surface area (TPSA) is 95.1 Å². The third-order valence-corrected chi connectivity index (χ3v) is 8.28. The lowest BCUT2D eigenvalue weighted by Gasteiger charge is -2.29. The van der Waals surface area contributed by atoms with Gasteiger partial charge in [0.15, 0.2) is 14.5 Å². The van der Waals surface area contributed by atoms with E-state index in [1.54, 1.807) is 0 Å². The highest BCUT2D eigenvalue weighted by atomic mass is 35.5.